The fraction of sp³-hybridized carbons (Fsp3) is 0.417. The van der Waals surface area contributed by atoms with Gasteiger partial charge in [-0.25, -0.2) is 0 Å². The molecule has 2 rings (SSSR count). The smallest absolute Gasteiger partial charge is 0.179 e. The maximum atomic E-state index is 9.14. The van der Waals surface area contributed by atoms with Crippen LogP contribution in [0.2, 0.25) is 5.02 Å². The Balaban J connectivity index is 2.44. The summed E-state index contributed by atoms with van der Waals surface area (Å²) in [6, 6.07) is 5.45. The van der Waals surface area contributed by atoms with Gasteiger partial charge in [0.2, 0.25) is 0 Å². The van der Waals surface area contributed by atoms with E-state index in [1.54, 1.807) is 6.07 Å². The van der Waals surface area contributed by atoms with E-state index in [1.807, 2.05) is 25.1 Å². The number of nitrogens with zero attached hydrogens (tertiary/aromatic N) is 2. The molecule has 5 heteroatoms. The minimum atomic E-state index is -0.344. The molecule has 0 amide bonds. The first-order valence-electron chi connectivity index (χ1n) is 5.28. The molecule has 0 saturated heterocycles. The third kappa shape index (κ3) is 2.31. The van der Waals surface area contributed by atoms with Crippen molar-refractivity contribution >= 4 is 11.6 Å². The molecule has 0 aromatic heterocycles. The number of benzene rings is 1. The summed E-state index contributed by atoms with van der Waals surface area (Å²) in [5.41, 5.74) is 0.812. The normalized spacial score (nSPS) is 15.5. The fourth-order valence-corrected chi connectivity index (χ4v) is 2.05. The number of halogens is 1. The van der Waals surface area contributed by atoms with Crippen molar-refractivity contribution in [3.8, 4) is 17.6 Å². The molecule has 1 heterocycles. The number of ether oxygens (including phenoxy) is 2. The third-order valence-electron chi connectivity index (χ3n) is 2.57. The van der Waals surface area contributed by atoms with E-state index in [9.17, 15) is 0 Å². The van der Waals surface area contributed by atoms with Crippen molar-refractivity contribution in [3.05, 3.63) is 22.7 Å². The molecule has 0 aliphatic carbocycles. The van der Waals surface area contributed by atoms with Crippen molar-refractivity contribution < 1.29 is 9.47 Å². The SMILES string of the molecule is CN(C)C(C#N)c1cc(Cl)c2c(c1)OCCO2. The molecule has 17 heavy (non-hydrogen) atoms. The Morgan fingerprint density at radius 1 is 1.35 bits per heavy atom. The molecule has 0 bridgehead atoms. The van der Waals surface area contributed by atoms with Gasteiger partial charge in [-0.15, -0.1) is 0 Å². The van der Waals surface area contributed by atoms with E-state index in [0.29, 0.717) is 29.7 Å². The molecule has 0 radical (unpaired) electrons. The lowest BCUT2D eigenvalue weighted by atomic mass is 10.1. The van der Waals surface area contributed by atoms with Crippen molar-refractivity contribution in [2.75, 3.05) is 27.3 Å². The van der Waals surface area contributed by atoms with Gasteiger partial charge in [-0.05, 0) is 31.8 Å². The highest BCUT2D eigenvalue weighted by atomic mass is 35.5. The van der Waals surface area contributed by atoms with Gasteiger partial charge in [-0.1, -0.05) is 11.6 Å². The van der Waals surface area contributed by atoms with Gasteiger partial charge < -0.3 is 9.47 Å². The van der Waals surface area contributed by atoms with Gasteiger partial charge >= 0.3 is 0 Å². The van der Waals surface area contributed by atoms with Crippen LogP contribution in [0.5, 0.6) is 11.5 Å². The van der Waals surface area contributed by atoms with Gasteiger partial charge in [0.25, 0.3) is 0 Å². The van der Waals surface area contributed by atoms with Gasteiger partial charge in [0.1, 0.15) is 19.3 Å². The zero-order valence-electron chi connectivity index (χ0n) is 9.74. The highest BCUT2D eigenvalue weighted by molar-refractivity contribution is 6.32. The van der Waals surface area contributed by atoms with Gasteiger partial charge in [0, 0.05) is 0 Å². The molecule has 1 unspecified atom stereocenters. The lowest BCUT2D eigenvalue weighted by Crippen LogP contribution is -2.20. The summed E-state index contributed by atoms with van der Waals surface area (Å²) in [6.45, 7) is 1.01. The summed E-state index contributed by atoms with van der Waals surface area (Å²) >= 11 is 6.12. The molecule has 4 nitrogen and oxygen atoms in total. The van der Waals surface area contributed by atoms with Crippen LogP contribution in [0, 0.1) is 11.3 Å². The minimum Gasteiger partial charge on any atom is -0.486 e. The number of fused-ring (bicyclic) bond motifs is 1. The molecule has 0 saturated carbocycles. The number of nitriles is 1. The second kappa shape index (κ2) is 4.82. The average Bonchev–Trinajstić information content (AvgIpc) is 2.29. The van der Waals surface area contributed by atoms with Gasteiger partial charge in [0.15, 0.2) is 11.5 Å². The maximum Gasteiger partial charge on any atom is 0.179 e. The first-order valence-corrected chi connectivity index (χ1v) is 5.66. The topological polar surface area (TPSA) is 45.5 Å². The lowest BCUT2D eigenvalue weighted by molar-refractivity contribution is 0.171. The lowest BCUT2D eigenvalue weighted by Gasteiger charge is -2.23. The Morgan fingerprint density at radius 2 is 2.06 bits per heavy atom. The van der Waals surface area contributed by atoms with Crippen LogP contribution >= 0.6 is 11.6 Å². The van der Waals surface area contributed by atoms with Crippen LogP contribution in [-0.4, -0.2) is 32.2 Å². The van der Waals surface area contributed by atoms with E-state index in [2.05, 4.69) is 6.07 Å². The van der Waals surface area contributed by atoms with Crippen LogP contribution in [0.25, 0.3) is 0 Å². The average molecular weight is 253 g/mol. The summed E-state index contributed by atoms with van der Waals surface area (Å²) in [5.74, 6) is 1.18. The van der Waals surface area contributed by atoms with E-state index in [-0.39, 0.29) is 6.04 Å². The number of hydrogen-bond acceptors (Lipinski definition) is 4. The van der Waals surface area contributed by atoms with Crippen molar-refractivity contribution in [2.45, 2.75) is 6.04 Å². The van der Waals surface area contributed by atoms with Gasteiger partial charge in [0.05, 0.1) is 11.1 Å². The second-order valence-electron chi connectivity index (χ2n) is 4.02. The molecule has 0 N–H and O–H groups in total. The van der Waals surface area contributed by atoms with Crippen LogP contribution in [0.4, 0.5) is 0 Å². The number of hydrogen-bond donors (Lipinski definition) is 0. The Hall–Kier alpha value is -1.44. The van der Waals surface area contributed by atoms with E-state index in [1.165, 1.54) is 0 Å². The van der Waals surface area contributed by atoms with Crippen LogP contribution in [-0.2, 0) is 0 Å². The fourth-order valence-electron chi connectivity index (χ4n) is 1.78. The third-order valence-corrected chi connectivity index (χ3v) is 2.85. The second-order valence-corrected chi connectivity index (χ2v) is 4.43. The van der Waals surface area contributed by atoms with Crippen LogP contribution in [0.15, 0.2) is 12.1 Å². The van der Waals surface area contributed by atoms with Gasteiger partial charge in [-0.3, -0.25) is 4.90 Å². The van der Waals surface area contributed by atoms with Crippen molar-refractivity contribution in [1.29, 1.82) is 5.26 Å². The summed E-state index contributed by atoms with van der Waals surface area (Å²) in [7, 11) is 3.69. The highest BCUT2D eigenvalue weighted by Gasteiger charge is 2.21. The number of rotatable bonds is 2. The molecule has 90 valence electrons. The summed E-state index contributed by atoms with van der Waals surface area (Å²) in [5, 5.41) is 9.62. The molecule has 0 spiro atoms. The molecular weight excluding hydrogens is 240 g/mol. The Bertz CT molecular complexity index is 468. The van der Waals surface area contributed by atoms with Crippen LogP contribution in [0.1, 0.15) is 11.6 Å². The Labute approximate surface area is 105 Å². The molecule has 1 aromatic carbocycles. The van der Waals surface area contributed by atoms with Crippen molar-refractivity contribution in [2.24, 2.45) is 0 Å². The predicted octanol–water partition coefficient (Wildman–Crippen LogP) is 2.24. The standard InChI is InChI=1S/C12H13ClN2O2/c1-15(2)10(7-14)8-5-9(13)12-11(6-8)16-3-4-17-12/h5-6,10H,3-4H2,1-2H3. The minimum absolute atomic E-state index is 0.344. The van der Waals surface area contributed by atoms with Crippen molar-refractivity contribution in [3.63, 3.8) is 0 Å². The zero-order chi connectivity index (χ0) is 12.4. The highest BCUT2D eigenvalue weighted by Crippen LogP contribution is 2.40. The molecule has 1 aromatic rings. The molecular formula is C12H13ClN2O2. The zero-order valence-corrected chi connectivity index (χ0v) is 10.5. The van der Waals surface area contributed by atoms with Crippen molar-refractivity contribution in [1.82, 2.24) is 4.90 Å². The molecule has 1 aliphatic heterocycles. The molecule has 1 aliphatic rings. The van der Waals surface area contributed by atoms with E-state index in [0.717, 1.165) is 5.56 Å². The summed E-state index contributed by atoms with van der Waals surface area (Å²) in [6.07, 6.45) is 0. The van der Waals surface area contributed by atoms with Crippen LogP contribution < -0.4 is 9.47 Å². The Morgan fingerprint density at radius 3 is 2.71 bits per heavy atom. The summed E-state index contributed by atoms with van der Waals surface area (Å²) < 4.78 is 10.9. The molecule has 0 fully saturated rings. The predicted molar refractivity (Wildman–Crippen MR) is 64.5 cm³/mol. The van der Waals surface area contributed by atoms with Gasteiger partial charge in [-0.2, -0.15) is 5.26 Å². The monoisotopic (exact) mass is 252 g/mol. The van der Waals surface area contributed by atoms with E-state index < -0.39 is 0 Å². The first-order chi connectivity index (χ1) is 8.13. The van der Waals surface area contributed by atoms with Crippen LogP contribution in [0.3, 0.4) is 0 Å². The maximum absolute atomic E-state index is 9.14. The quantitative estimate of drug-likeness (QED) is 0.810. The van der Waals surface area contributed by atoms with E-state index >= 15 is 0 Å². The first kappa shape index (κ1) is 12.0. The van der Waals surface area contributed by atoms with E-state index in [4.69, 9.17) is 26.3 Å². The Kier molecular flexibility index (Phi) is 3.41. The summed E-state index contributed by atoms with van der Waals surface area (Å²) in [4.78, 5) is 1.82. The largest absolute Gasteiger partial charge is 0.486 e. The molecule has 1 atom stereocenters.